The molecule has 2 aromatic carbocycles. The molecule has 7 heteroatoms. The summed E-state index contributed by atoms with van der Waals surface area (Å²) in [5, 5.41) is 5.47. The summed E-state index contributed by atoms with van der Waals surface area (Å²) in [6.07, 6.45) is 1.99. The summed E-state index contributed by atoms with van der Waals surface area (Å²) in [7, 11) is 0. The molecule has 0 bridgehead atoms. The molecule has 1 heterocycles. The Balaban J connectivity index is 1.68. The zero-order valence-corrected chi connectivity index (χ0v) is 15.0. The van der Waals surface area contributed by atoms with Crippen molar-refractivity contribution in [2.75, 3.05) is 30.3 Å². The Kier molecular flexibility index (Phi) is 5.69. The Bertz CT molecular complexity index is 864. The van der Waals surface area contributed by atoms with E-state index >= 15 is 0 Å². The molecule has 0 atom stereocenters. The van der Waals surface area contributed by atoms with Gasteiger partial charge >= 0.3 is 0 Å². The van der Waals surface area contributed by atoms with Crippen LogP contribution < -0.4 is 10.6 Å². The van der Waals surface area contributed by atoms with E-state index in [2.05, 4.69) is 10.6 Å². The van der Waals surface area contributed by atoms with E-state index in [1.54, 1.807) is 6.07 Å². The zero-order chi connectivity index (χ0) is 19.4. The molecule has 5 nitrogen and oxygen atoms in total. The van der Waals surface area contributed by atoms with Crippen molar-refractivity contribution in [3.05, 3.63) is 59.2 Å². The summed E-state index contributed by atoms with van der Waals surface area (Å²) >= 11 is 0. The lowest BCUT2D eigenvalue weighted by molar-refractivity contribution is -0.114. The average Bonchev–Trinajstić information content (AvgIpc) is 3.17. The lowest BCUT2D eigenvalue weighted by Crippen LogP contribution is -2.30. The molecule has 1 aliphatic rings. The monoisotopic (exact) mass is 373 g/mol. The van der Waals surface area contributed by atoms with Crippen molar-refractivity contribution >= 4 is 23.2 Å². The van der Waals surface area contributed by atoms with Gasteiger partial charge in [-0.3, -0.25) is 9.59 Å². The van der Waals surface area contributed by atoms with Crippen LogP contribution in [0.3, 0.4) is 0 Å². The van der Waals surface area contributed by atoms with Crippen LogP contribution in [0.1, 0.15) is 28.8 Å². The highest BCUT2D eigenvalue weighted by molar-refractivity contribution is 6.02. The second kappa shape index (κ2) is 8.16. The first-order valence-corrected chi connectivity index (χ1v) is 8.83. The molecular weight excluding hydrogens is 352 g/mol. The van der Waals surface area contributed by atoms with Crippen LogP contribution in [0.4, 0.5) is 20.2 Å². The van der Waals surface area contributed by atoms with Gasteiger partial charge < -0.3 is 15.5 Å². The molecule has 142 valence electrons. The normalized spacial score (nSPS) is 13.5. The molecule has 0 radical (unpaired) electrons. The van der Waals surface area contributed by atoms with E-state index in [0.29, 0.717) is 11.3 Å². The maximum atomic E-state index is 13.2. The van der Waals surface area contributed by atoms with Crippen molar-refractivity contribution in [1.82, 2.24) is 4.90 Å². The number of nitrogens with one attached hydrogen (secondary N) is 2. The Labute approximate surface area is 156 Å². The highest BCUT2D eigenvalue weighted by Gasteiger charge is 2.23. The van der Waals surface area contributed by atoms with Crippen molar-refractivity contribution < 1.29 is 18.4 Å². The SMILES string of the molecule is Cc1cccc(NCC(=O)Nc2ccc(F)c(F)c2)c1C(=O)N1CCCC1. The maximum absolute atomic E-state index is 13.2. The van der Waals surface area contributed by atoms with Crippen molar-refractivity contribution in [2.45, 2.75) is 19.8 Å². The number of hydrogen-bond donors (Lipinski definition) is 2. The number of halogens is 2. The third-order valence-corrected chi connectivity index (χ3v) is 4.52. The van der Waals surface area contributed by atoms with Crippen molar-refractivity contribution in [3.63, 3.8) is 0 Å². The summed E-state index contributed by atoms with van der Waals surface area (Å²) in [4.78, 5) is 26.7. The number of carbonyl (C=O) groups is 2. The topological polar surface area (TPSA) is 61.4 Å². The van der Waals surface area contributed by atoms with Gasteiger partial charge in [-0.05, 0) is 43.5 Å². The summed E-state index contributed by atoms with van der Waals surface area (Å²) in [5.41, 5.74) is 2.13. The molecule has 2 amide bonds. The second-order valence-electron chi connectivity index (χ2n) is 6.53. The molecule has 1 saturated heterocycles. The van der Waals surface area contributed by atoms with E-state index in [1.165, 1.54) is 6.07 Å². The van der Waals surface area contributed by atoms with Crippen LogP contribution in [-0.4, -0.2) is 36.3 Å². The number of nitrogens with zero attached hydrogens (tertiary/aromatic N) is 1. The van der Waals surface area contributed by atoms with Crippen LogP contribution in [0.15, 0.2) is 36.4 Å². The summed E-state index contributed by atoms with van der Waals surface area (Å²) in [6.45, 7) is 3.23. The van der Waals surface area contributed by atoms with Gasteiger partial charge in [0.2, 0.25) is 5.91 Å². The second-order valence-corrected chi connectivity index (χ2v) is 6.53. The van der Waals surface area contributed by atoms with Crippen LogP contribution >= 0.6 is 0 Å². The van der Waals surface area contributed by atoms with E-state index in [9.17, 15) is 18.4 Å². The van der Waals surface area contributed by atoms with Crippen LogP contribution in [0.25, 0.3) is 0 Å². The largest absolute Gasteiger partial charge is 0.375 e. The summed E-state index contributed by atoms with van der Waals surface area (Å²) in [5.74, 6) is -2.48. The molecule has 0 saturated carbocycles. The van der Waals surface area contributed by atoms with E-state index in [0.717, 1.165) is 43.6 Å². The quantitative estimate of drug-likeness (QED) is 0.843. The van der Waals surface area contributed by atoms with Crippen LogP contribution in [0, 0.1) is 18.6 Å². The van der Waals surface area contributed by atoms with Gasteiger partial charge in [-0.15, -0.1) is 0 Å². The van der Waals surface area contributed by atoms with E-state index in [1.807, 2.05) is 24.0 Å². The molecular formula is C20H21F2N3O2. The lowest BCUT2D eigenvalue weighted by atomic mass is 10.0. The van der Waals surface area contributed by atoms with Gasteiger partial charge in [0.1, 0.15) is 0 Å². The predicted molar refractivity (Wildman–Crippen MR) is 99.8 cm³/mol. The first-order chi connectivity index (χ1) is 13.0. The summed E-state index contributed by atoms with van der Waals surface area (Å²) in [6, 6.07) is 8.57. The van der Waals surface area contributed by atoms with Gasteiger partial charge in [-0.2, -0.15) is 0 Å². The molecule has 2 N–H and O–H groups in total. The fourth-order valence-electron chi connectivity index (χ4n) is 3.13. The maximum Gasteiger partial charge on any atom is 0.256 e. The molecule has 27 heavy (non-hydrogen) atoms. The average molecular weight is 373 g/mol. The first kappa shape index (κ1) is 18.8. The molecule has 0 aromatic heterocycles. The number of carbonyl (C=O) groups excluding carboxylic acids is 2. The van der Waals surface area contributed by atoms with Crippen LogP contribution in [0.2, 0.25) is 0 Å². The van der Waals surface area contributed by atoms with Gasteiger partial charge in [0.05, 0.1) is 12.1 Å². The number of benzene rings is 2. The van der Waals surface area contributed by atoms with Gasteiger partial charge in [0.25, 0.3) is 5.91 Å². The minimum Gasteiger partial charge on any atom is -0.375 e. The van der Waals surface area contributed by atoms with Crippen molar-refractivity contribution in [3.8, 4) is 0 Å². The number of amides is 2. The molecule has 0 aliphatic carbocycles. The number of anilines is 2. The predicted octanol–water partition coefficient (Wildman–Crippen LogP) is 3.56. The van der Waals surface area contributed by atoms with Gasteiger partial charge in [0.15, 0.2) is 11.6 Å². The fraction of sp³-hybridized carbons (Fsp3) is 0.300. The smallest absolute Gasteiger partial charge is 0.256 e. The number of hydrogen-bond acceptors (Lipinski definition) is 3. The van der Waals surface area contributed by atoms with Gasteiger partial charge in [0, 0.05) is 30.5 Å². The van der Waals surface area contributed by atoms with Crippen molar-refractivity contribution in [1.29, 1.82) is 0 Å². The highest BCUT2D eigenvalue weighted by Crippen LogP contribution is 2.23. The standard InChI is InChI=1S/C20H21F2N3O2/c1-13-5-4-6-17(19(13)20(27)25-9-2-3-10-25)23-12-18(26)24-14-7-8-15(21)16(22)11-14/h4-8,11,23H,2-3,9-10,12H2,1H3,(H,24,26). The molecule has 1 aliphatic heterocycles. The number of likely N-dealkylation sites (tertiary alicyclic amines) is 1. The molecule has 1 fully saturated rings. The summed E-state index contributed by atoms with van der Waals surface area (Å²) < 4.78 is 26.2. The minimum atomic E-state index is -1.03. The molecule has 3 rings (SSSR count). The minimum absolute atomic E-state index is 0.0471. The highest BCUT2D eigenvalue weighted by atomic mass is 19.2. The fourth-order valence-corrected chi connectivity index (χ4v) is 3.13. The molecule has 0 unspecified atom stereocenters. The number of aryl methyl sites for hydroxylation is 1. The Hall–Kier alpha value is -2.96. The Morgan fingerprint density at radius 1 is 1.07 bits per heavy atom. The van der Waals surface area contributed by atoms with E-state index in [-0.39, 0.29) is 18.1 Å². The Morgan fingerprint density at radius 2 is 1.81 bits per heavy atom. The van der Waals surface area contributed by atoms with Crippen LogP contribution in [0.5, 0.6) is 0 Å². The number of rotatable bonds is 5. The third-order valence-electron chi connectivity index (χ3n) is 4.52. The molecule has 0 spiro atoms. The van der Waals surface area contributed by atoms with E-state index < -0.39 is 17.5 Å². The van der Waals surface area contributed by atoms with Crippen LogP contribution in [-0.2, 0) is 4.79 Å². The zero-order valence-electron chi connectivity index (χ0n) is 15.0. The van der Waals surface area contributed by atoms with Crippen molar-refractivity contribution in [2.24, 2.45) is 0 Å². The van der Waals surface area contributed by atoms with Gasteiger partial charge in [-0.25, -0.2) is 8.78 Å². The van der Waals surface area contributed by atoms with E-state index in [4.69, 9.17) is 0 Å². The first-order valence-electron chi connectivity index (χ1n) is 8.83. The molecule has 2 aromatic rings. The lowest BCUT2D eigenvalue weighted by Gasteiger charge is -2.20. The third kappa shape index (κ3) is 4.42. The van der Waals surface area contributed by atoms with Gasteiger partial charge in [-0.1, -0.05) is 12.1 Å². The Morgan fingerprint density at radius 3 is 2.52 bits per heavy atom.